The van der Waals surface area contributed by atoms with E-state index in [0.717, 1.165) is 0 Å². The average Bonchev–Trinajstić information content (AvgIpc) is 2.92. The molecule has 21 heavy (non-hydrogen) atoms. The lowest BCUT2D eigenvalue weighted by molar-refractivity contribution is -0.0985. The summed E-state index contributed by atoms with van der Waals surface area (Å²) in [5, 5.41) is 31.0. The Labute approximate surface area is 120 Å². The number of aliphatic hydroxyl groups is 3. The summed E-state index contributed by atoms with van der Waals surface area (Å²) in [6, 6.07) is 1.71. The van der Waals surface area contributed by atoms with Gasteiger partial charge in [0.2, 0.25) is 0 Å². The third-order valence-corrected chi connectivity index (χ3v) is 3.96. The maximum absolute atomic E-state index is 10.6. The number of hydrogen-bond acceptors (Lipinski definition) is 7. The first-order chi connectivity index (χ1) is 9.84. The smallest absolute Gasteiger partial charge is 0.167 e. The van der Waals surface area contributed by atoms with Crippen molar-refractivity contribution in [2.24, 2.45) is 0 Å². The highest BCUT2D eigenvalue weighted by Crippen LogP contribution is 2.40. The number of fused-ring (bicyclic) bond motifs is 1. The number of aromatic nitrogens is 3. The molecule has 0 aliphatic carbocycles. The molecule has 0 unspecified atom stereocenters. The molecule has 0 spiro atoms. The number of aliphatic hydroxyl groups excluding tert-OH is 2. The van der Waals surface area contributed by atoms with Gasteiger partial charge in [0.15, 0.2) is 6.23 Å². The number of rotatable bonds is 2. The van der Waals surface area contributed by atoms with Crippen LogP contribution in [0.5, 0.6) is 0 Å². The quantitative estimate of drug-likeness (QED) is 0.582. The van der Waals surface area contributed by atoms with Crippen molar-refractivity contribution in [2.75, 3.05) is 5.73 Å². The Hall–Kier alpha value is -1.74. The number of nitrogens with two attached hydrogens (primary N) is 1. The highest BCUT2D eigenvalue weighted by molar-refractivity contribution is 5.86. The van der Waals surface area contributed by atoms with Crippen LogP contribution in [-0.4, -0.2) is 53.8 Å². The van der Waals surface area contributed by atoms with E-state index in [1.165, 1.54) is 20.2 Å². The summed E-state index contributed by atoms with van der Waals surface area (Å²) in [6.45, 7) is 2.96. The Morgan fingerprint density at radius 3 is 2.81 bits per heavy atom. The van der Waals surface area contributed by atoms with Crippen molar-refractivity contribution in [1.82, 2.24) is 14.5 Å². The van der Waals surface area contributed by atoms with Gasteiger partial charge in [0.25, 0.3) is 0 Å². The van der Waals surface area contributed by atoms with Gasteiger partial charge in [-0.1, -0.05) is 0 Å². The van der Waals surface area contributed by atoms with Crippen LogP contribution in [-0.2, 0) is 4.74 Å². The normalized spacial score (nSPS) is 34.4. The summed E-state index contributed by atoms with van der Waals surface area (Å²) in [7, 11) is 0. The predicted octanol–water partition coefficient (Wildman–Crippen LogP) is -0.596. The second-order valence-corrected chi connectivity index (χ2v) is 5.58. The average molecular weight is 294 g/mol. The minimum atomic E-state index is -1.58. The first kappa shape index (κ1) is 14.2. The van der Waals surface area contributed by atoms with E-state index in [4.69, 9.17) is 10.5 Å². The van der Waals surface area contributed by atoms with Gasteiger partial charge in [0.05, 0.1) is 11.5 Å². The van der Waals surface area contributed by atoms with Crippen LogP contribution in [0.1, 0.15) is 20.1 Å². The predicted molar refractivity (Wildman–Crippen MR) is 74.2 cm³/mol. The first-order valence-corrected chi connectivity index (χ1v) is 6.65. The van der Waals surface area contributed by atoms with Crippen LogP contribution < -0.4 is 5.73 Å². The lowest BCUT2D eigenvalue weighted by Gasteiger charge is -2.27. The van der Waals surface area contributed by atoms with Gasteiger partial charge < -0.3 is 30.4 Å². The molecule has 8 nitrogen and oxygen atoms in total. The van der Waals surface area contributed by atoms with Gasteiger partial charge in [0, 0.05) is 6.20 Å². The SMILES string of the molecule is C[C@@H](O)[C@H]1O[C@@H](n2ccc3c(N)ncnc32)[C@](C)(O)[C@@H]1O. The summed E-state index contributed by atoms with van der Waals surface area (Å²) in [5.74, 6) is 0.323. The van der Waals surface area contributed by atoms with Gasteiger partial charge in [0.1, 0.15) is 35.6 Å². The largest absolute Gasteiger partial charge is 0.391 e. The molecular weight excluding hydrogens is 276 g/mol. The Balaban J connectivity index is 2.08. The van der Waals surface area contributed by atoms with E-state index in [2.05, 4.69) is 9.97 Å². The van der Waals surface area contributed by atoms with Crippen LogP contribution >= 0.6 is 0 Å². The maximum atomic E-state index is 10.6. The topological polar surface area (TPSA) is 127 Å². The van der Waals surface area contributed by atoms with E-state index in [-0.39, 0.29) is 0 Å². The molecule has 1 aliphatic heterocycles. The molecule has 1 aliphatic rings. The Morgan fingerprint density at radius 1 is 1.48 bits per heavy atom. The molecule has 0 bridgehead atoms. The second-order valence-electron chi connectivity index (χ2n) is 5.58. The third-order valence-electron chi connectivity index (χ3n) is 3.96. The zero-order valence-electron chi connectivity index (χ0n) is 11.7. The molecule has 114 valence electrons. The number of ether oxygens (including phenoxy) is 1. The fourth-order valence-electron chi connectivity index (χ4n) is 2.74. The van der Waals surface area contributed by atoms with Gasteiger partial charge in [-0.2, -0.15) is 0 Å². The van der Waals surface area contributed by atoms with Crippen LogP contribution in [0.2, 0.25) is 0 Å². The van der Waals surface area contributed by atoms with Crippen molar-refractivity contribution in [3.05, 3.63) is 18.6 Å². The van der Waals surface area contributed by atoms with E-state index in [0.29, 0.717) is 16.9 Å². The molecular formula is C13H18N4O4. The van der Waals surface area contributed by atoms with Crippen molar-refractivity contribution in [2.45, 2.75) is 44.0 Å². The second kappa shape index (κ2) is 4.63. The molecule has 0 amide bonds. The Morgan fingerprint density at radius 2 is 2.19 bits per heavy atom. The van der Waals surface area contributed by atoms with Crippen LogP contribution in [0.4, 0.5) is 5.82 Å². The fraction of sp³-hybridized carbons (Fsp3) is 0.538. The lowest BCUT2D eigenvalue weighted by Crippen LogP contribution is -2.45. The maximum Gasteiger partial charge on any atom is 0.167 e. The highest BCUT2D eigenvalue weighted by Gasteiger charge is 2.54. The molecule has 1 saturated heterocycles. The molecule has 2 aromatic rings. The lowest BCUT2D eigenvalue weighted by atomic mass is 9.94. The number of hydrogen-bond donors (Lipinski definition) is 4. The van der Waals surface area contributed by atoms with Crippen LogP contribution in [0.3, 0.4) is 0 Å². The first-order valence-electron chi connectivity index (χ1n) is 6.65. The molecule has 1 fully saturated rings. The van der Waals surface area contributed by atoms with E-state index >= 15 is 0 Å². The zero-order chi connectivity index (χ0) is 15.4. The van der Waals surface area contributed by atoms with Crippen LogP contribution in [0.25, 0.3) is 11.0 Å². The zero-order valence-corrected chi connectivity index (χ0v) is 11.7. The molecule has 0 aromatic carbocycles. The van der Waals surface area contributed by atoms with Gasteiger partial charge in [-0.3, -0.25) is 0 Å². The van der Waals surface area contributed by atoms with Gasteiger partial charge in [-0.25, -0.2) is 9.97 Å². The van der Waals surface area contributed by atoms with E-state index in [1.807, 2.05) is 0 Å². The van der Waals surface area contributed by atoms with Crippen molar-refractivity contribution in [3.63, 3.8) is 0 Å². The Kier molecular flexibility index (Phi) is 3.14. The summed E-state index contributed by atoms with van der Waals surface area (Å²) < 4.78 is 7.24. The summed E-state index contributed by atoms with van der Waals surface area (Å²) in [4.78, 5) is 8.05. The molecule has 8 heteroatoms. The monoisotopic (exact) mass is 294 g/mol. The van der Waals surface area contributed by atoms with Crippen molar-refractivity contribution in [1.29, 1.82) is 0 Å². The van der Waals surface area contributed by atoms with Crippen molar-refractivity contribution >= 4 is 16.9 Å². The molecule has 0 radical (unpaired) electrons. The minimum Gasteiger partial charge on any atom is -0.391 e. The number of nitrogens with zero attached hydrogens (tertiary/aromatic N) is 3. The van der Waals surface area contributed by atoms with Gasteiger partial charge in [-0.15, -0.1) is 0 Å². The van der Waals surface area contributed by atoms with Gasteiger partial charge in [-0.05, 0) is 19.9 Å². The van der Waals surface area contributed by atoms with E-state index < -0.39 is 30.1 Å². The molecule has 2 aromatic heterocycles. The molecule has 3 rings (SSSR count). The molecule has 3 heterocycles. The van der Waals surface area contributed by atoms with Crippen LogP contribution in [0, 0.1) is 0 Å². The number of nitrogen functional groups attached to an aromatic ring is 1. The molecule has 5 atom stereocenters. The summed E-state index contributed by atoms with van der Waals surface area (Å²) in [6.07, 6.45) is -0.940. The molecule has 0 saturated carbocycles. The van der Waals surface area contributed by atoms with E-state index in [9.17, 15) is 15.3 Å². The van der Waals surface area contributed by atoms with Gasteiger partial charge >= 0.3 is 0 Å². The van der Waals surface area contributed by atoms with Crippen molar-refractivity contribution < 1.29 is 20.1 Å². The summed E-state index contributed by atoms with van der Waals surface area (Å²) in [5.41, 5.74) is 4.70. The van der Waals surface area contributed by atoms with Crippen LogP contribution in [0.15, 0.2) is 18.6 Å². The highest BCUT2D eigenvalue weighted by atomic mass is 16.6. The molecule has 5 N–H and O–H groups in total. The standard InChI is InChI=1S/C13H18N4O4/c1-6(18)8-9(19)13(2,20)12(21-8)17-4-3-7-10(14)15-5-16-11(7)17/h3-6,8-9,12,18-20H,1-2H3,(H2,14,15,16)/t6-,8-,9-,12-,13-/m1/s1. The third kappa shape index (κ3) is 1.99. The summed E-state index contributed by atoms with van der Waals surface area (Å²) >= 11 is 0. The minimum absolute atomic E-state index is 0.323. The number of anilines is 1. The van der Waals surface area contributed by atoms with Crippen molar-refractivity contribution in [3.8, 4) is 0 Å². The Bertz CT molecular complexity index is 669. The van der Waals surface area contributed by atoms with E-state index in [1.54, 1.807) is 16.8 Å². The fourth-order valence-corrected chi connectivity index (χ4v) is 2.74.